The zero-order chi connectivity index (χ0) is 14.2. The molecule has 2 atom stereocenters. The fourth-order valence-electron chi connectivity index (χ4n) is 2.53. The van der Waals surface area contributed by atoms with E-state index in [4.69, 9.17) is 0 Å². The number of anilines is 1. The van der Waals surface area contributed by atoms with Crippen LogP contribution in [-0.4, -0.2) is 24.7 Å². The molecular weight excluding hydrogens is 246 g/mol. The number of halogens is 2. The number of aryl methyl sites for hydroxylation is 1. The van der Waals surface area contributed by atoms with Crippen molar-refractivity contribution in [2.45, 2.75) is 45.7 Å². The van der Waals surface area contributed by atoms with Gasteiger partial charge in [0.2, 0.25) is 0 Å². The van der Waals surface area contributed by atoms with Gasteiger partial charge in [-0.1, -0.05) is 13.0 Å². The minimum Gasteiger partial charge on any atom is -0.361 e. The van der Waals surface area contributed by atoms with Gasteiger partial charge in [0.25, 0.3) is 0 Å². The molecule has 1 aliphatic rings. The summed E-state index contributed by atoms with van der Waals surface area (Å²) in [5, 5.41) is 3.46. The second kappa shape index (κ2) is 5.08. The van der Waals surface area contributed by atoms with E-state index in [0.29, 0.717) is 12.1 Å². The quantitative estimate of drug-likeness (QED) is 0.886. The van der Waals surface area contributed by atoms with E-state index < -0.39 is 11.6 Å². The molecule has 1 saturated heterocycles. The highest BCUT2D eigenvalue weighted by atomic mass is 19.1. The molecule has 4 heteroatoms. The average molecular weight is 268 g/mol. The highest BCUT2D eigenvalue weighted by Crippen LogP contribution is 2.31. The van der Waals surface area contributed by atoms with Crippen molar-refractivity contribution in [3.05, 3.63) is 29.3 Å². The SMILES string of the molecule is CCC1(C)CN(c2c(F)ccc(C)c2F)C(C)CN1. The van der Waals surface area contributed by atoms with E-state index >= 15 is 0 Å². The van der Waals surface area contributed by atoms with Crippen molar-refractivity contribution >= 4 is 5.69 Å². The van der Waals surface area contributed by atoms with Gasteiger partial charge in [-0.2, -0.15) is 0 Å². The van der Waals surface area contributed by atoms with Gasteiger partial charge in [-0.05, 0) is 38.8 Å². The zero-order valence-corrected chi connectivity index (χ0v) is 12.1. The summed E-state index contributed by atoms with van der Waals surface area (Å²) in [6.45, 7) is 9.19. The van der Waals surface area contributed by atoms with E-state index in [0.717, 1.165) is 13.0 Å². The van der Waals surface area contributed by atoms with Crippen molar-refractivity contribution in [1.29, 1.82) is 0 Å². The van der Waals surface area contributed by atoms with Crippen LogP contribution in [0, 0.1) is 18.6 Å². The lowest BCUT2D eigenvalue weighted by atomic mass is 9.93. The van der Waals surface area contributed by atoms with Gasteiger partial charge in [-0.15, -0.1) is 0 Å². The molecule has 0 radical (unpaired) electrons. The van der Waals surface area contributed by atoms with Crippen LogP contribution in [0.15, 0.2) is 12.1 Å². The molecule has 1 N–H and O–H groups in total. The van der Waals surface area contributed by atoms with Gasteiger partial charge < -0.3 is 10.2 Å². The fourth-order valence-corrected chi connectivity index (χ4v) is 2.53. The zero-order valence-electron chi connectivity index (χ0n) is 12.1. The lowest BCUT2D eigenvalue weighted by Gasteiger charge is -2.46. The van der Waals surface area contributed by atoms with Gasteiger partial charge in [0.15, 0.2) is 5.82 Å². The molecule has 1 aliphatic heterocycles. The lowest BCUT2D eigenvalue weighted by Crippen LogP contribution is -2.62. The molecule has 19 heavy (non-hydrogen) atoms. The Balaban J connectivity index is 2.42. The first-order valence-electron chi connectivity index (χ1n) is 6.84. The van der Waals surface area contributed by atoms with Gasteiger partial charge in [0, 0.05) is 24.7 Å². The molecule has 0 amide bonds. The topological polar surface area (TPSA) is 15.3 Å². The Bertz CT molecular complexity index is 475. The molecule has 0 bridgehead atoms. The summed E-state index contributed by atoms with van der Waals surface area (Å²) in [6.07, 6.45) is 0.922. The van der Waals surface area contributed by atoms with E-state index in [1.807, 2.05) is 11.8 Å². The van der Waals surface area contributed by atoms with Crippen LogP contribution in [0.25, 0.3) is 0 Å². The molecule has 0 saturated carbocycles. The molecule has 1 fully saturated rings. The van der Waals surface area contributed by atoms with Crippen molar-refractivity contribution in [2.75, 3.05) is 18.0 Å². The third-order valence-electron chi connectivity index (χ3n) is 4.20. The minimum atomic E-state index is -0.477. The van der Waals surface area contributed by atoms with Crippen LogP contribution in [-0.2, 0) is 0 Å². The Morgan fingerprint density at radius 1 is 1.42 bits per heavy atom. The highest BCUT2D eigenvalue weighted by molar-refractivity contribution is 5.53. The fraction of sp³-hybridized carbons (Fsp3) is 0.600. The Morgan fingerprint density at radius 3 is 2.74 bits per heavy atom. The second-order valence-corrected chi connectivity index (χ2v) is 5.80. The molecule has 0 spiro atoms. The number of piperazine rings is 1. The van der Waals surface area contributed by atoms with E-state index in [1.54, 1.807) is 6.92 Å². The van der Waals surface area contributed by atoms with Crippen molar-refractivity contribution in [3.8, 4) is 0 Å². The van der Waals surface area contributed by atoms with Crippen LogP contribution in [0.4, 0.5) is 14.5 Å². The van der Waals surface area contributed by atoms with Crippen LogP contribution in [0.2, 0.25) is 0 Å². The molecular formula is C15H22F2N2. The normalized spacial score (nSPS) is 27.7. The molecule has 1 heterocycles. The number of nitrogens with one attached hydrogen (secondary N) is 1. The Hall–Kier alpha value is -1.16. The Labute approximate surface area is 113 Å². The minimum absolute atomic E-state index is 0.0745. The summed E-state index contributed by atoms with van der Waals surface area (Å²) in [6, 6.07) is 2.91. The predicted octanol–water partition coefficient (Wildman–Crippen LogP) is 3.24. The molecule has 106 valence electrons. The van der Waals surface area contributed by atoms with Crippen LogP contribution in [0.1, 0.15) is 32.8 Å². The van der Waals surface area contributed by atoms with E-state index in [1.165, 1.54) is 12.1 Å². The maximum absolute atomic E-state index is 14.3. The number of rotatable bonds is 2. The number of hydrogen-bond donors (Lipinski definition) is 1. The first-order valence-corrected chi connectivity index (χ1v) is 6.84. The van der Waals surface area contributed by atoms with Crippen molar-refractivity contribution in [1.82, 2.24) is 5.32 Å². The summed E-state index contributed by atoms with van der Waals surface area (Å²) >= 11 is 0. The van der Waals surface area contributed by atoms with E-state index in [2.05, 4.69) is 19.2 Å². The summed E-state index contributed by atoms with van der Waals surface area (Å²) in [4.78, 5) is 1.86. The first kappa shape index (κ1) is 14.3. The molecule has 2 rings (SSSR count). The number of hydrogen-bond acceptors (Lipinski definition) is 2. The smallest absolute Gasteiger partial charge is 0.152 e. The summed E-state index contributed by atoms with van der Waals surface area (Å²) in [5.74, 6) is -0.914. The van der Waals surface area contributed by atoms with Gasteiger partial charge >= 0.3 is 0 Å². The summed E-state index contributed by atoms with van der Waals surface area (Å²) < 4.78 is 28.3. The van der Waals surface area contributed by atoms with Crippen molar-refractivity contribution in [2.24, 2.45) is 0 Å². The molecule has 2 unspecified atom stereocenters. The third kappa shape index (κ3) is 2.59. The van der Waals surface area contributed by atoms with Crippen LogP contribution in [0.3, 0.4) is 0 Å². The molecule has 0 aliphatic carbocycles. The van der Waals surface area contributed by atoms with Gasteiger partial charge in [-0.3, -0.25) is 0 Å². The first-order chi connectivity index (χ1) is 8.88. The summed E-state index contributed by atoms with van der Waals surface area (Å²) in [7, 11) is 0. The number of benzene rings is 1. The van der Waals surface area contributed by atoms with Gasteiger partial charge in [0.1, 0.15) is 11.5 Å². The monoisotopic (exact) mass is 268 g/mol. The van der Waals surface area contributed by atoms with Crippen LogP contribution >= 0.6 is 0 Å². The molecule has 2 nitrogen and oxygen atoms in total. The third-order valence-corrected chi connectivity index (χ3v) is 4.20. The summed E-state index contributed by atoms with van der Waals surface area (Å²) in [5.41, 5.74) is 0.504. The van der Waals surface area contributed by atoms with E-state index in [9.17, 15) is 8.78 Å². The standard InChI is InChI=1S/C15H22F2N2/c1-5-15(4)9-19(11(3)8-18-15)14-12(16)7-6-10(2)13(14)17/h6-7,11,18H,5,8-9H2,1-4H3. The van der Waals surface area contributed by atoms with Crippen LogP contribution in [0.5, 0.6) is 0 Å². The van der Waals surface area contributed by atoms with E-state index in [-0.39, 0.29) is 17.3 Å². The van der Waals surface area contributed by atoms with Crippen LogP contribution < -0.4 is 10.2 Å². The molecule has 1 aromatic carbocycles. The maximum Gasteiger partial charge on any atom is 0.152 e. The predicted molar refractivity (Wildman–Crippen MR) is 74.6 cm³/mol. The number of nitrogens with zero attached hydrogens (tertiary/aromatic N) is 1. The lowest BCUT2D eigenvalue weighted by molar-refractivity contribution is 0.282. The Kier molecular flexibility index (Phi) is 3.81. The van der Waals surface area contributed by atoms with Crippen molar-refractivity contribution in [3.63, 3.8) is 0 Å². The van der Waals surface area contributed by atoms with Gasteiger partial charge in [-0.25, -0.2) is 8.78 Å². The maximum atomic E-state index is 14.3. The highest BCUT2D eigenvalue weighted by Gasteiger charge is 2.35. The Morgan fingerprint density at radius 2 is 2.11 bits per heavy atom. The van der Waals surface area contributed by atoms with Crippen molar-refractivity contribution < 1.29 is 8.78 Å². The molecule has 1 aromatic rings. The largest absolute Gasteiger partial charge is 0.361 e. The van der Waals surface area contributed by atoms with Gasteiger partial charge in [0.05, 0.1) is 0 Å². The molecule has 0 aromatic heterocycles. The second-order valence-electron chi connectivity index (χ2n) is 5.80. The average Bonchev–Trinajstić information content (AvgIpc) is 2.39.